The van der Waals surface area contributed by atoms with Crippen molar-refractivity contribution in [3.8, 4) is 0 Å². The third kappa shape index (κ3) is 4.83. The van der Waals surface area contributed by atoms with Crippen LogP contribution in [0, 0.1) is 11.8 Å². The highest BCUT2D eigenvalue weighted by molar-refractivity contribution is 5.85. The van der Waals surface area contributed by atoms with Gasteiger partial charge < -0.3 is 15.5 Å². The molecule has 23 heavy (non-hydrogen) atoms. The molecule has 2 N–H and O–H groups in total. The van der Waals surface area contributed by atoms with Crippen molar-refractivity contribution < 1.29 is 9.59 Å². The smallest absolute Gasteiger partial charge is 0.237 e. The van der Waals surface area contributed by atoms with E-state index in [9.17, 15) is 9.59 Å². The minimum Gasteiger partial charge on any atom is -0.354 e. The first kappa shape index (κ1) is 18.5. The number of halogens is 1. The van der Waals surface area contributed by atoms with Gasteiger partial charge in [-0.2, -0.15) is 0 Å². The number of rotatable bonds is 4. The molecule has 1 aliphatic carbocycles. The normalized spacial score (nSPS) is 28.4. The first-order chi connectivity index (χ1) is 10.7. The number of amides is 2. The highest BCUT2D eigenvalue weighted by Gasteiger charge is 2.31. The molecule has 132 valence electrons. The predicted octanol–water partition coefficient (Wildman–Crippen LogP) is 1.71. The van der Waals surface area contributed by atoms with Crippen molar-refractivity contribution in [1.82, 2.24) is 15.5 Å². The van der Waals surface area contributed by atoms with Crippen LogP contribution in [-0.4, -0.2) is 48.9 Å². The standard InChI is InChI=1S/C17H29N3O2.ClH/c21-16(15-8-3-9-18-15)19-11-13-5-4-10-20(12-13)17(22)14-6-1-2-7-14;/h13-15,18H,1-12H2,(H,19,21);1H. The molecule has 1 saturated carbocycles. The van der Waals surface area contributed by atoms with Gasteiger partial charge in [-0.1, -0.05) is 12.8 Å². The van der Waals surface area contributed by atoms with Gasteiger partial charge in [0.25, 0.3) is 0 Å². The lowest BCUT2D eigenvalue weighted by atomic mass is 9.96. The summed E-state index contributed by atoms with van der Waals surface area (Å²) in [5.74, 6) is 1.20. The third-order valence-electron chi connectivity index (χ3n) is 5.48. The van der Waals surface area contributed by atoms with Crippen molar-refractivity contribution in [1.29, 1.82) is 0 Å². The van der Waals surface area contributed by atoms with E-state index in [-0.39, 0.29) is 30.3 Å². The summed E-state index contributed by atoms with van der Waals surface area (Å²) in [6, 6.07) is -0.000172. The SMILES string of the molecule is Cl.O=C(NCC1CCCN(C(=O)C2CCCC2)C1)C1CCCN1. The Balaban J connectivity index is 0.00000192. The Morgan fingerprint density at radius 1 is 1.04 bits per heavy atom. The summed E-state index contributed by atoms with van der Waals surface area (Å²) in [7, 11) is 0. The number of likely N-dealkylation sites (tertiary alicyclic amines) is 1. The molecule has 2 saturated heterocycles. The molecule has 6 heteroatoms. The topological polar surface area (TPSA) is 61.4 Å². The van der Waals surface area contributed by atoms with Gasteiger partial charge in [-0.25, -0.2) is 0 Å². The van der Waals surface area contributed by atoms with Crippen LogP contribution in [0.2, 0.25) is 0 Å². The first-order valence-electron chi connectivity index (χ1n) is 9.04. The summed E-state index contributed by atoms with van der Waals surface area (Å²) in [6.45, 7) is 3.40. The van der Waals surface area contributed by atoms with E-state index in [1.807, 2.05) is 0 Å². The minimum absolute atomic E-state index is 0. The van der Waals surface area contributed by atoms with Crippen LogP contribution >= 0.6 is 12.4 Å². The molecule has 2 amide bonds. The maximum atomic E-state index is 12.5. The lowest BCUT2D eigenvalue weighted by Crippen LogP contribution is -2.47. The van der Waals surface area contributed by atoms with Gasteiger partial charge in [0.2, 0.25) is 11.8 Å². The summed E-state index contributed by atoms with van der Waals surface area (Å²) in [5, 5.41) is 6.32. The van der Waals surface area contributed by atoms with E-state index in [0.717, 1.165) is 58.2 Å². The Labute approximate surface area is 145 Å². The van der Waals surface area contributed by atoms with Gasteiger partial charge in [0.05, 0.1) is 6.04 Å². The van der Waals surface area contributed by atoms with Crippen LogP contribution in [-0.2, 0) is 9.59 Å². The first-order valence-corrected chi connectivity index (χ1v) is 9.04. The van der Waals surface area contributed by atoms with Gasteiger partial charge in [-0.3, -0.25) is 9.59 Å². The Hall–Kier alpha value is -0.810. The number of nitrogens with zero attached hydrogens (tertiary/aromatic N) is 1. The summed E-state index contributed by atoms with van der Waals surface area (Å²) >= 11 is 0. The zero-order valence-electron chi connectivity index (χ0n) is 13.9. The Bertz CT molecular complexity index is 407. The molecule has 0 aromatic carbocycles. The number of nitrogens with one attached hydrogen (secondary N) is 2. The molecular formula is C17H30ClN3O2. The maximum absolute atomic E-state index is 12.5. The second-order valence-electron chi connectivity index (χ2n) is 7.17. The van der Waals surface area contributed by atoms with Crippen molar-refractivity contribution in [3.05, 3.63) is 0 Å². The monoisotopic (exact) mass is 343 g/mol. The van der Waals surface area contributed by atoms with Gasteiger partial charge in [0.1, 0.15) is 0 Å². The fraction of sp³-hybridized carbons (Fsp3) is 0.882. The summed E-state index contributed by atoms with van der Waals surface area (Å²) in [5.41, 5.74) is 0. The van der Waals surface area contributed by atoms with Crippen LogP contribution in [0.15, 0.2) is 0 Å². The van der Waals surface area contributed by atoms with E-state index < -0.39 is 0 Å². The molecular weight excluding hydrogens is 314 g/mol. The minimum atomic E-state index is -0.000172. The second-order valence-corrected chi connectivity index (χ2v) is 7.17. The van der Waals surface area contributed by atoms with Gasteiger partial charge in [0.15, 0.2) is 0 Å². The van der Waals surface area contributed by atoms with Crippen LogP contribution < -0.4 is 10.6 Å². The molecule has 3 fully saturated rings. The predicted molar refractivity (Wildman–Crippen MR) is 92.5 cm³/mol. The second kappa shape index (κ2) is 8.88. The van der Waals surface area contributed by atoms with E-state index in [2.05, 4.69) is 15.5 Å². The third-order valence-corrected chi connectivity index (χ3v) is 5.48. The number of carbonyl (C=O) groups excluding carboxylic acids is 2. The number of carbonyl (C=O) groups is 2. The highest BCUT2D eigenvalue weighted by atomic mass is 35.5. The van der Waals surface area contributed by atoms with E-state index >= 15 is 0 Å². The molecule has 0 bridgehead atoms. The lowest BCUT2D eigenvalue weighted by molar-refractivity contribution is -0.137. The molecule has 2 heterocycles. The molecule has 0 spiro atoms. The number of hydrogen-bond donors (Lipinski definition) is 2. The quantitative estimate of drug-likeness (QED) is 0.816. The van der Waals surface area contributed by atoms with Crippen LogP contribution in [0.5, 0.6) is 0 Å². The van der Waals surface area contributed by atoms with E-state index in [1.54, 1.807) is 0 Å². The fourth-order valence-corrected chi connectivity index (χ4v) is 4.14. The zero-order valence-corrected chi connectivity index (χ0v) is 14.7. The van der Waals surface area contributed by atoms with Gasteiger partial charge in [-0.05, 0) is 51.0 Å². The van der Waals surface area contributed by atoms with Crippen molar-refractivity contribution in [2.75, 3.05) is 26.2 Å². The summed E-state index contributed by atoms with van der Waals surface area (Å²) in [4.78, 5) is 26.6. The molecule has 2 atom stereocenters. The Kier molecular flexibility index (Phi) is 7.15. The maximum Gasteiger partial charge on any atom is 0.237 e. The number of piperidine rings is 1. The molecule has 2 unspecified atom stereocenters. The van der Waals surface area contributed by atoms with Crippen LogP contribution in [0.3, 0.4) is 0 Å². The zero-order chi connectivity index (χ0) is 15.4. The van der Waals surface area contributed by atoms with E-state index in [1.165, 1.54) is 12.8 Å². The van der Waals surface area contributed by atoms with E-state index in [0.29, 0.717) is 18.4 Å². The Morgan fingerprint density at radius 2 is 1.83 bits per heavy atom. The average Bonchev–Trinajstić information content (AvgIpc) is 3.25. The average molecular weight is 344 g/mol. The Morgan fingerprint density at radius 3 is 2.52 bits per heavy atom. The number of hydrogen-bond acceptors (Lipinski definition) is 3. The molecule has 5 nitrogen and oxygen atoms in total. The largest absolute Gasteiger partial charge is 0.354 e. The van der Waals surface area contributed by atoms with Crippen LogP contribution in [0.4, 0.5) is 0 Å². The van der Waals surface area contributed by atoms with Crippen molar-refractivity contribution in [3.63, 3.8) is 0 Å². The molecule has 0 aromatic rings. The molecule has 2 aliphatic heterocycles. The van der Waals surface area contributed by atoms with Crippen molar-refractivity contribution in [2.45, 2.75) is 57.4 Å². The summed E-state index contributed by atoms with van der Waals surface area (Å²) < 4.78 is 0. The lowest BCUT2D eigenvalue weighted by Gasteiger charge is -2.34. The highest BCUT2D eigenvalue weighted by Crippen LogP contribution is 2.28. The van der Waals surface area contributed by atoms with Crippen molar-refractivity contribution in [2.24, 2.45) is 11.8 Å². The van der Waals surface area contributed by atoms with Crippen LogP contribution in [0.1, 0.15) is 51.4 Å². The molecule has 0 radical (unpaired) electrons. The van der Waals surface area contributed by atoms with Gasteiger partial charge >= 0.3 is 0 Å². The van der Waals surface area contributed by atoms with Crippen molar-refractivity contribution >= 4 is 24.2 Å². The summed E-state index contributed by atoms with van der Waals surface area (Å²) in [6.07, 6.45) is 8.78. The van der Waals surface area contributed by atoms with Crippen LogP contribution in [0.25, 0.3) is 0 Å². The molecule has 3 rings (SSSR count). The van der Waals surface area contributed by atoms with Gasteiger partial charge in [0, 0.05) is 25.6 Å². The van der Waals surface area contributed by atoms with Gasteiger partial charge in [-0.15, -0.1) is 12.4 Å². The molecule has 0 aromatic heterocycles. The molecule has 3 aliphatic rings. The van der Waals surface area contributed by atoms with E-state index in [4.69, 9.17) is 0 Å². The fourth-order valence-electron chi connectivity index (χ4n) is 4.14.